The van der Waals surface area contributed by atoms with Gasteiger partial charge in [0.2, 0.25) is 0 Å². The first-order valence-corrected chi connectivity index (χ1v) is 10.6. The molecule has 2 aromatic rings. The smallest absolute Gasteiger partial charge is 0.307 e. The van der Waals surface area contributed by atoms with E-state index in [0.717, 1.165) is 33.6 Å². The van der Waals surface area contributed by atoms with Gasteiger partial charge < -0.3 is 10.4 Å². The van der Waals surface area contributed by atoms with Crippen molar-refractivity contribution >= 4 is 41.3 Å². The van der Waals surface area contributed by atoms with Crippen LogP contribution in [0.15, 0.2) is 72.4 Å². The topological polar surface area (TPSA) is 61.7 Å². The van der Waals surface area contributed by atoms with Crippen molar-refractivity contribution in [1.29, 1.82) is 0 Å². The largest absolute Gasteiger partial charge is 0.481 e. The van der Waals surface area contributed by atoms with Gasteiger partial charge >= 0.3 is 5.97 Å². The van der Waals surface area contributed by atoms with Crippen LogP contribution in [0, 0.1) is 0 Å². The predicted octanol–water partition coefficient (Wildman–Crippen LogP) is 7.69. The van der Waals surface area contributed by atoms with Crippen LogP contribution < -0.4 is 5.32 Å². The first-order chi connectivity index (χ1) is 15.2. The minimum absolute atomic E-state index is 0.152. The number of aliphatic imine (C=N–C) groups is 1. The molecule has 0 bridgehead atoms. The van der Waals surface area contributed by atoms with E-state index in [0.29, 0.717) is 17.0 Å². The number of carboxylic acids is 1. The first-order valence-electron chi connectivity index (χ1n) is 10.6. The first kappa shape index (κ1) is 24.6. The summed E-state index contributed by atoms with van der Waals surface area (Å²) in [6.45, 7) is 19.6. The van der Waals surface area contributed by atoms with Crippen LogP contribution in [0.2, 0.25) is 0 Å². The number of nitrogens with one attached hydrogen (secondary N) is 1. The zero-order chi connectivity index (χ0) is 23.8. The van der Waals surface area contributed by atoms with E-state index < -0.39 is 5.97 Å². The molecule has 0 aliphatic carbocycles. The van der Waals surface area contributed by atoms with Gasteiger partial charge in [-0.1, -0.05) is 88.2 Å². The molecule has 2 rings (SSSR count). The minimum Gasteiger partial charge on any atom is -0.481 e. The fraction of sp³-hybridized carbons (Fsp3) is 0.214. The van der Waals surface area contributed by atoms with E-state index in [2.05, 4.69) is 38.9 Å². The molecule has 0 aromatic heterocycles. The number of benzene rings is 2. The summed E-state index contributed by atoms with van der Waals surface area (Å²) >= 11 is 0. The van der Waals surface area contributed by atoms with Crippen molar-refractivity contribution in [3.05, 3.63) is 89.7 Å². The van der Waals surface area contributed by atoms with Crippen molar-refractivity contribution in [2.24, 2.45) is 4.99 Å². The molecule has 4 heteroatoms. The van der Waals surface area contributed by atoms with Crippen molar-refractivity contribution in [3.8, 4) is 0 Å². The van der Waals surface area contributed by atoms with Gasteiger partial charge in [-0.3, -0.25) is 9.79 Å². The van der Waals surface area contributed by atoms with Crippen molar-refractivity contribution in [1.82, 2.24) is 0 Å². The van der Waals surface area contributed by atoms with Gasteiger partial charge in [-0.15, -0.1) is 0 Å². The van der Waals surface area contributed by atoms with Gasteiger partial charge in [0, 0.05) is 17.0 Å². The zero-order valence-corrected chi connectivity index (χ0v) is 19.4. The lowest BCUT2D eigenvalue weighted by Gasteiger charge is -2.18. The Labute approximate surface area is 191 Å². The summed E-state index contributed by atoms with van der Waals surface area (Å²) in [5.74, 6) is -0.653. The number of anilines is 1. The number of nitrogens with zero attached hydrogens (tertiary/aromatic N) is 1. The number of hydrogen-bond acceptors (Lipinski definition) is 3. The lowest BCUT2D eigenvalue weighted by Crippen LogP contribution is -2.12. The van der Waals surface area contributed by atoms with Crippen molar-refractivity contribution in [2.45, 2.75) is 40.0 Å². The van der Waals surface area contributed by atoms with Gasteiger partial charge in [-0.2, -0.15) is 0 Å². The number of carboxylic acid groups (broad SMARTS) is 1. The lowest BCUT2D eigenvalue weighted by atomic mass is 9.97. The van der Waals surface area contributed by atoms with Crippen LogP contribution in [0.25, 0.3) is 18.2 Å². The average molecular weight is 429 g/mol. The third-order valence-electron chi connectivity index (χ3n) is 5.32. The maximum atomic E-state index is 11.7. The Bertz CT molecular complexity index is 1080. The summed E-state index contributed by atoms with van der Waals surface area (Å²) in [4.78, 5) is 16.6. The van der Waals surface area contributed by atoms with Crippen molar-refractivity contribution in [3.63, 3.8) is 0 Å². The third kappa shape index (κ3) is 5.73. The molecule has 2 N–H and O–H groups in total. The highest BCUT2D eigenvalue weighted by molar-refractivity contribution is 6.04. The molecule has 0 heterocycles. The SMILES string of the molecule is C=Cc1cccc(C(C)C)c1N=C(C)C(CC(=O)O)=C(C)Nc1c(C=C)cccc1C=C. The molecular formula is C28H32N2O2. The normalized spacial score (nSPS) is 12.2. The fourth-order valence-corrected chi connectivity index (χ4v) is 3.59. The van der Waals surface area contributed by atoms with Gasteiger partial charge in [0.05, 0.1) is 17.8 Å². The molecule has 0 atom stereocenters. The molecule has 166 valence electrons. The van der Waals surface area contributed by atoms with Crippen LogP contribution in [0.3, 0.4) is 0 Å². The Morgan fingerprint density at radius 1 is 1.00 bits per heavy atom. The Balaban J connectivity index is 2.66. The monoisotopic (exact) mass is 428 g/mol. The molecular weight excluding hydrogens is 396 g/mol. The van der Waals surface area contributed by atoms with E-state index in [9.17, 15) is 9.90 Å². The van der Waals surface area contributed by atoms with Gasteiger partial charge in [0.25, 0.3) is 0 Å². The number of rotatable bonds is 10. The summed E-state index contributed by atoms with van der Waals surface area (Å²) in [6.07, 6.45) is 5.15. The Kier molecular flexibility index (Phi) is 8.54. The zero-order valence-electron chi connectivity index (χ0n) is 19.4. The van der Waals surface area contributed by atoms with Gasteiger partial charge in [0.1, 0.15) is 0 Å². The Morgan fingerprint density at radius 2 is 1.53 bits per heavy atom. The number of carbonyl (C=O) groups is 1. The molecule has 0 saturated carbocycles. The molecule has 0 spiro atoms. The molecule has 0 amide bonds. The molecule has 4 nitrogen and oxygen atoms in total. The van der Waals surface area contributed by atoms with E-state index in [1.165, 1.54) is 0 Å². The molecule has 0 fully saturated rings. The number of hydrogen-bond donors (Lipinski definition) is 2. The standard InChI is InChI=1S/C28H32N2O2/c1-8-21-13-11-14-22(9-2)27(21)29-19(6)25(17-26(31)32)20(7)30-28-23(10-3)15-12-16-24(28)18(4)5/h8-16,18,29H,1-3,17H2,4-7H3,(H,31,32). The van der Waals surface area contributed by atoms with Crippen LogP contribution in [0.1, 0.15) is 62.3 Å². The van der Waals surface area contributed by atoms with Crippen LogP contribution in [-0.2, 0) is 4.79 Å². The highest BCUT2D eigenvalue weighted by Gasteiger charge is 2.16. The molecule has 0 radical (unpaired) electrons. The maximum Gasteiger partial charge on any atom is 0.307 e. The second-order valence-corrected chi connectivity index (χ2v) is 7.86. The van der Waals surface area contributed by atoms with Gasteiger partial charge in [-0.05, 0) is 42.0 Å². The fourth-order valence-electron chi connectivity index (χ4n) is 3.59. The number of allylic oxidation sites excluding steroid dienone is 1. The highest BCUT2D eigenvalue weighted by Crippen LogP contribution is 2.33. The van der Waals surface area contributed by atoms with Crippen LogP contribution in [-0.4, -0.2) is 16.8 Å². The Morgan fingerprint density at radius 3 is 2.03 bits per heavy atom. The minimum atomic E-state index is -0.919. The van der Waals surface area contributed by atoms with Crippen LogP contribution >= 0.6 is 0 Å². The summed E-state index contributed by atoms with van der Waals surface area (Å²) in [6, 6.07) is 11.8. The second kappa shape index (κ2) is 11.1. The second-order valence-electron chi connectivity index (χ2n) is 7.86. The summed E-state index contributed by atoms with van der Waals surface area (Å²) in [7, 11) is 0. The molecule has 0 unspecified atom stereocenters. The van der Waals surface area contributed by atoms with E-state index in [1.807, 2.05) is 50.2 Å². The third-order valence-corrected chi connectivity index (χ3v) is 5.32. The van der Waals surface area contributed by atoms with E-state index in [-0.39, 0.29) is 12.3 Å². The van der Waals surface area contributed by atoms with Crippen LogP contribution in [0.4, 0.5) is 11.4 Å². The predicted molar refractivity (Wildman–Crippen MR) is 139 cm³/mol. The lowest BCUT2D eigenvalue weighted by molar-refractivity contribution is -0.136. The molecule has 0 aliphatic rings. The Hall–Kier alpha value is -3.66. The molecule has 32 heavy (non-hydrogen) atoms. The molecule has 2 aromatic carbocycles. The highest BCUT2D eigenvalue weighted by atomic mass is 16.4. The van der Waals surface area contributed by atoms with Gasteiger partial charge in [0.15, 0.2) is 0 Å². The summed E-state index contributed by atoms with van der Waals surface area (Å²) < 4.78 is 0. The quantitative estimate of drug-likeness (QED) is 0.381. The summed E-state index contributed by atoms with van der Waals surface area (Å²) in [5, 5.41) is 13.0. The van der Waals surface area contributed by atoms with E-state index >= 15 is 0 Å². The van der Waals surface area contributed by atoms with E-state index in [4.69, 9.17) is 4.99 Å². The average Bonchev–Trinajstić information content (AvgIpc) is 2.77. The molecule has 0 saturated heterocycles. The van der Waals surface area contributed by atoms with Crippen molar-refractivity contribution in [2.75, 3.05) is 5.32 Å². The van der Waals surface area contributed by atoms with Crippen LogP contribution in [0.5, 0.6) is 0 Å². The summed E-state index contributed by atoms with van der Waals surface area (Å²) in [5.41, 5.74) is 7.46. The number of aliphatic carboxylic acids is 1. The van der Waals surface area contributed by atoms with Gasteiger partial charge in [-0.25, -0.2) is 0 Å². The molecule has 0 aliphatic heterocycles. The van der Waals surface area contributed by atoms with E-state index in [1.54, 1.807) is 18.2 Å². The number of para-hydroxylation sites is 2. The maximum absolute atomic E-state index is 11.7. The van der Waals surface area contributed by atoms with Crippen molar-refractivity contribution < 1.29 is 9.90 Å².